The largest absolute Gasteiger partial charge is 0.383 e. The summed E-state index contributed by atoms with van der Waals surface area (Å²) in [4.78, 5) is 1.39. The summed E-state index contributed by atoms with van der Waals surface area (Å²) in [6.07, 6.45) is 6.80. The summed E-state index contributed by atoms with van der Waals surface area (Å²) in [6, 6.07) is 8.86. The predicted molar refractivity (Wildman–Crippen MR) is 89.5 cm³/mol. The lowest BCUT2D eigenvalue weighted by Gasteiger charge is -2.07. The van der Waals surface area contributed by atoms with E-state index in [2.05, 4.69) is 36.5 Å². The van der Waals surface area contributed by atoms with Crippen molar-refractivity contribution in [3.8, 4) is 0 Å². The lowest BCUT2D eigenvalue weighted by atomic mass is 10.2. The molecule has 114 valence electrons. The minimum absolute atomic E-state index is 0.770. The van der Waals surface area contributed by atoms with E-state index in [9.17, 15) is 0 Å². The van der Waals surface area contributed by atoms with Gasteiger partial charge in [-0.25, -0.2) is 0 Å². The number of hydrogen-bond donors (Lipinski definition) is 1. The van der Waals surface area contributed by atoms with Crippen LogP contribution in [0, 0.1) is 0 Å². The summed E-state index contributed by atoms with van der Waals surface area (Å²) < 4.78 is 5.03. The van der Waals surface area contributed by atoms with E-state index in [0.29, 0.717) is 0 Å². The highest BCUT2D eigenvalue weighted by Gasteiger charge is 1.97. The molecular weight excluding hydrogens is 266 g/mol. The Labute approximate surface area is 128 Å². The first kappa shape index (κ1) is 17.5. The van der Waals surface area contributed by atoms with Crippen LogP contribution in [0.3, 0.4) is 0 Å². The molecule has 0 bridgehead atoms. The normalized spacial score (nSPS) is 10.9. The molecule has 0 aliphatic carbocycles. The molecule has 0 aliphatic rings. The van der Waals surface area contributed by atoms with Crippen molar-refractivity contribution in [1.29, 1.82) is 0 Å². The first-order valence-corrected chi connectivity index (χ1v) is 8.76. The average Bonchev–Trinajstić information content (AvgIpc) is 2.48. The first-order chi connectivity index (χ1) is 9.86. The molecule has 0 heterocycles. The Hall–Kier alpha value is -0.510. The molecule has 0 saturated carbocycles. The third kappa shape index (κ3) is 8.62. The molecule has 3 heteroatoms. The minimum Gasteiger partial charge on any atom is -0.383 e. The fourth-order valence-corrected chi connectivity index (χ4v) is 3.04. The van der Waals surface area contributed by atoms with Crippen molar-refractivity contribution in [2.24, 2.45) is 0 Å². The SMILES string of the molecule is CCCCCCCSc1cccc(CNCCOC)c1. The van der Waals surface area contributed by atoms with E-state index in [1.807, 2.05) is 11.8 Å². The Balaban J connectivity index is 2.18. The summed E-state index contributed by atoms with van der Waals surface area (Å²) in [6.45, 7) is 4.87. The number of hydrogen-bond acceptors (Lipinski definition) is 3. The van der Waals surface area contributed by atoms with Gasteiger partial charge in [0.1, 0.15) is 0 Å². The topological polar surface area (TPSA) is 21.3 Å². The zero-order chi connectivity index (χ0) is 14.5. The van der Waals surface area contributed by atoms with E-state index in [0.717, 1.165) is 19.7 Å². The number of ether oxygens (including phenoxy) is 1. The number of unbranched alkanes of at least 4 members (excludes halogenated alkanes) is 4. The van der Waals surface area contributed by atoms with Crippen molar-refractivity contribution in [3.63, 3.8) is 0 Å². The Kier molecular flexibility index (Phi) is 10.7. The lowest BCUT2D eigenvalue weighted by molar-refractivity contribution is 0.199. The first-order valence-electron chi connectivity index (χ1n) is 7.78. The van der Waals surface area contributed by atoms with Crippen molar-refractivity contribution >= 4 is 11.8 Å². The second-order valence-corrected chi connectivity index (χ2v) is 6.25. The van der Waals surface area contributed by atoms with Crippen molar-refractivity contribution < 1.29 is 4.74 Å². The molecular formula is C17H29NOS. The van der Waals surface area contributed by atoms with Crippen LogP contribution >= 0.6 is 11.8 Å². The Morgan fingerprint density at radius 1 is 1.15 bits per heavy atom. The summed E-state index contributed by atoms with van der Waals surface area (Å²) in [5.74, 6) is 1.24. The summed E-state index contributed by atoms with van der Waals surface area (Å²) >= 11 is 1.98. The van der Waals surface area contributed by atoms with Crippen LogP contribution in [0.2, 0.25) is 0 Å². The van der Waals surface area contributed by atoms with Gasteiger partial charge in [0.2, 0.25) is 0 Å². The van der Waals surface area contributed by atoms with E-state index in [1.54, 1.807) is 7.11 Å². The minimum atomic E-state index is 0.770. The van der Waals surface area contributed by atoms with E-state index in [1.165, 1.54) is 48.3 Å². The van der Waals surface area contributed by atoms with Crippen LogP contribution < -0.4 is 5.32 Å². The Bertz CT molecular complexity index is 344. The van der Waals surface area contributed by atoms with E-state index < -0.39 is 0 Å². The highest BCUT2D eigenvalue weighted by Crippen LogP contribution is 2.21. The van der Waals surface area contributed by atoms with Crippen LogP contribution in [0.5, 0.6) is 0 Å². The maximum Gasteiger partial charge on any atom is 0.0587 e. The molecule has 0 unspecified atom stereocenters. The molecule has 0 amide bonds. The van der Waals surface area contributed by atoms with Gasteiger partial charge in [-0.05, 0) is 29.9 Å². The summed E-state index contributed by atoms with van der Waals surface area (Å²) in [7, 11) is 1.74. The standard InChI is InChI=1S/C17H29NOS/c1-3-4-5-6-7-13-20-17-10-8-9-16(14-17)15-18-11-12-19-2/h8-10,14,18H,3-7,11-13,15H2,1-2H3. The van der Waals surface area contributed by atoms with Crippen molar-refractivity contribution in [3.05, 3.63) is 29.8 Å². The van der Waals surface area contributed by atoms with Crippen molar-refractivity contribution in [1.82, 2.24) is 5.32 Å². The second-order valence-electron chi connectivity index (χ2n) is 5.08. The molecule has 1 N–H and O–H groups in total. The number of nitrogens with one attached hydrogen (secondary N) is 1. The highest BCUT2D eigenvalue weighted by atomic mass is 32.2. The monoisotopic (exact) mass is 295 g/mol. The van der Waals surface area contributed by atoms with Crippen molar-refractivity contribution in [2.45, 2.75) is 50.5 Å². The van der Waals surface area contributed by atoms with E-state index in [4.69, 9.17) is 4.74 Å². The van der Waals surface area contributed by atoms with Gasteiger partial charge in [0, 0.05) is 25.1 Å². The summed E-state index contributed by atoms with van der Waals surface area (Å²) in [5, 5.41) is 3.39. The zero-order valence-corrected chi connectivity index (χ0v) is 13.8. The molecule has 0 saturated heterocycles. The molecule has 0 aromatic heterocycles. The number of benzene rings is 1. The van der Waals surface area contributed by atoms with Gasteiger partial charge in [-0.3, -0.25) is 0 Å². The lowest BCUT2D eigenvalue weighted by Crippen LogP contribution is -2.18. The van der Waals surface area contributed by atoms with Gasteiger partial charge in [-0.15, -0.1) is 11.8 Å². The highest BCUT2D eigenvalue weighted by molar-refractivity contribution is 7.99. The van der Waals surface area contributed by atoms with E-state index in [-0.39, 0.29) is 0 Å². The zero-order valence-electron chi connectivity index (χ0n) is 13.0. The number of methoxy groups -OCH3 is 1. The molecule has 0 atom stereocenters. The van der Waals surface area contributed by atoms with Crippen LogP contribution in [0.1, 0.15) is 44.6 Å². The average molecular weight is 295 g/mol. The van der Waals surface area contributed by atoms with Gasteiger partial charge >= 0.3 is 0 Å². The molecule has 0 spiro atoms. The van der Waals surface area contributed by atoms with Crippen LogP contribution in [0.15, 0.2) is 29.2 Å². The molecule has 1 aromatic rings. The van der Waals surface area contributed by atoms with Gasteiger partial charge in [-0.1, -0.05) is 44.7 Å². The van der Waals surface area contributed by atoms with Crippen LogP contribution in [0.25, 0.3) is 0 Å². The molecule has 0 radical (unpaired) electrons. The predicted octanol–water partition coefficient (Wildman–Crippen LogP) is 4.49. The number of thioether (sulfide) groups is 1. The van der Waals surface area contributed by atoms with Crippen LogP contribution in [-0.4, -0.2) is 26.0 Å². The van der Waals surface area contributed by atoms with Gasteiger partial charge in [0.25, 0.3) is 0 Å². The summed E-state index contributed by atoms with van der Waals surface area (Å²) in [5.41, 5.74) is 1.36. The van der Waals surface area contributed by atoms with Gasteiger partial charge < -0.3 is 10.1 Å². The Morgan fingerprint density at radius 2 is 2.00 bits per heavy atom. The molecule has 1 rings (SSSR count). The van der Waals surface area contributed by atoms with E-state index >= 15 is 0 Å². The van der Waals surface area contributed by atoms with Crippen molar-refractivity contribution in [2.75, 3.05) is 26.0 Å². The fourth-order valence-electron chi connectivity index (χ4n) is 2.05. The maximum atomic E-state index is 5.03. The third-order valence-electron chi connectivity index (χ3n) is 3.23. The van der Waals surface area contributed by atoms with Crippen LogP contribution in [-0.2, 0) is 11.3 Å². The fraction of sp³-hybridized carbons (Fsp3) is 0.647. The molecule has 0 fully saturated rings. The van der Waals surface area contributed by atoms with Crippen LogP contribution in [0.4, 0.5) is 0 Å². The molecule has 20 heavy (non-hydrogen) atoms. The molecule has 2 nitrogen and oxygen atoms in total. The quantitative estimate of drug-likeness (QED) is 0.453. The molecule has 0 aliphatic heterocycles. The molecule has 1 aromatic carbocycles. The Morgan fingerprint density at radius 3 is 2.80 bits per heavy atom. The second kappa shape index (κ2) is 12.2. The maximum absolute atomic E-state index is 5.03. The van der Waals surface area contributed by atoms with Gasteiger partial charge in [0.05, 0.1) is 6.61 Å². The number of rotatable bonds is 12. The third-order valence-corrected chi connectivity index (χ3v) is 4.31. The van der Waals surface area contributed by atoms with Gasteiger partial charge in [-0.2, -0.15) is 0 Å². The van der Waals surface area contributed by atoms with Gasteiger partial charge in [0.15, 0.2) is 0 Å². The smallest absolute Gasteiger partial charge is 0.0587 e.